The molecule has 1 aliphatic rings. The smallest absolute Gasteiger partial charge is 0.262 e. The Hall–Kier alpha value is -1.98. The van der Waals surface area contributed by atoms with Gasteiger partial charge in [0, 0.05) is 17.0 Å². The van der Waals surface area contributed by atoms with E-state index in [0.29, 0.717) is 34.8 Å². The van der Waals surface area contributed by atoms with Crippen LogP contribution in [0.4, 0.5) is 4.39 Å². The molecule has 0 fully saturated rings. The van der Waals surface area contributed by atoms with Crippen LogP contribution >= 0.6 is 22.9 Å². The van der Waals surface area contributed by atoms with Gasteiger partial charge >= 0.3 is 0 Å². The molecule has 0 atom stereocenters. The van der Waals surface area contributed by atoms with Crippen molar-refractivity contribution in [2.75, 3.05) is 0 Å². The SMILES string of the molecule is Cc1sc2nc3n(c(=O)c2c1C)CC/C3=C/c1c(F)cccc1Cl. The summed E-state index contributed by atoms with van der Waals surface area (Å²) >= 11 is 7.64. The lowest BCUT2D eigenvalue weighted by Crippen LogP contribution is -2.20. The number of allylic oxidation sites excluding steroid dienone is 1. The molecule has 3 heterocycles. The van der Waals surface area contributed by atoms with E-state index in [0.717, 1.165) is 20.8 Å². The first-order chi connectivity index (χ1) is 11.5. The summed E-state index contributed by atoms with van der Waals surface area (Å²) in [5, 5.41) is 1.05. The summed E-state index contributed by atoms with van der Waals surface area (Å²) in [6, 6.07) is 4.61. The number of halogens is 2. The molecule has 1 aromatic carbocycles. The fraction of sp³-hybridized carbons (Fsp3) is 0.222. The van der Waals surface area contributed by atoms with Crippen molar-refractivity contribution in [3.63, 3.8) is 0 Å². The van der Waals surface area contributed by atoms with Crippen LogP contribution < -0.4 is 5.56 Å². The number of hydrogen-bond acceptors (Lipinski definition) is 3. The van der Waals surface area contributed by atoms with E-state index < -0.39 is 0 Å². The second-order valence-electron chi connectivity index (χ2n) is 5.91. The zero-order valence-corrected chi connectivity index (χ0v) is 14.8. The molecule has 0 saturated heterocycles. The minimum atomic E-state index is -0.375. The second-order valence-corrected chi connectivity index (χ2v) is 7.52. The summed E-state index contributed by atoms with van der Waals surface area (Å²) in [5.41, 5.74) is 2.16. The fourth-order valence-electron chi connectivity index (χ4n) is 3.08. The summed E-state index contributed by atoms with van der Waals surface area (Å²) < 4.78 is 15.7. The van der Waals surface area contributed by atoms with Crippen LogP contribution in [0.25, 0.3) is 21.9 Å². The van der Waals surface area contributed by atoms with Crippen molar-refractivity contribution in [2.24, 2.45) is 0 Å². The maximum Gasteiger partial charge on any atom is 0.262 e. The molecule has 3 nitrogen and oxygen atoms in total. The van der Waals surface area contributed by atoms with Gasteiger partial charge in [-0.15, -0.1) is 11.3 Å². The number of benzene rings is 1. The molecule has 0 N–H and O–H groups in total. The third-order valence-corrected chi connectivity index (χ3v) is 5.93. The topological polar surface area (TPSA) is 34.9 Å². The number of hydrogen-bond donors (Lipinski definition) is 0. The molecule has 4 rings (SSSR count). The van der Waals surface area contributed by atoms with Gasteiger partial charge < -0.3 is 0 Å². The first-order valence-electron chi connectivity index (χ1n) is 7.63. The molecule has 0 bridgehead atoms. The quantitative estimate of drug-likeness (QED) is 0.624. The number of fused-ring (bicyclic) bond motifs is 2. The highest BCUT2D eigenvalue weighted by atomic mass is 35.5. The Morgan fingerprint density at radius 3 is 2.92 bits per heavy atom. The molecule has 3 aromatic rings. The summed E-state index contributed by atoms with van der Waals surface area (Å²) in [4.78, 5) is 19.3. The van der Waals surface area contributed by atoms with E-state index in [-0.39, 0.29) is 11.4 Å². The van der Waals surface area contributed by atoms with Gasteiger partial charge in [-0.3, -0.25) is 9.36 Å². The van der Waals surface area contributed by atoms with Crippen LogP contribution in [0.5, 0.6) is 0 Å². The molecule has 2 aromatic heterocycles. The highest BCUT2D eigenvalue weighted by molar-refractivity contribution is 7.18. The third-order valence-electron chi connectivity index (χ3n) is 4.50. The molecule has 0 aliphatic carbocycles. The van der Waals surface area contributed by atoms with Crippen LogP contribution in [0.2, 0.25) is 5.02 Å². The highest BCUT2D eigenvalue weighted by Gasteiger charge is 2.23. The molecule has 6 heteroatoms. The molecule has 0 saturated carbocycles. The molecular weight excluding hydrogens is 347 g/mol. The van der Waals surface area contributed by atoms with Crippen molar-refractivity contribution in [3.8, 4) is 0 Å². The second kappa shape index (κ2) is 5.53. The normalized spacial score (nSPS) is 15.4. The lowest BCUT2D eigenvalue weighted by atomic mass is 10.1. The lowest BCUT2D eigenvalue weighted by Gasteiger charge is -2.05. The number of aryl methyl sites for hydroxylation is 2. The predicted octanol–water partition coefficient (Wildman–Crippen LogP) is 4.81. The monoisotopic (exact) mass is 360 g/mol. The Labute approximate surface area is 147 Å². The standard InChI is InChI=1S/C18H14ClFN2OS/c1-9-10(2)24-17-15(9)18(23)22-7-6-11(16(22)21-17)8-12-13(19)4-3-5-14(12)20/h3-5,8H,6-7H2,1-2H3/b11-8-. The van der Waals surface area contributed by atoms with Gasteiger partial charge in [-0.2, -0.15) is 0 Å². The minimum absolute atomic E-state index is 0.0140. The summed E-state index contributed by atoms with van der Waals surface area (Å²) in [6.45, 7) is 4.51. The number of rotatable bonds is 1. The van der Waals surface area contributed by atoms with Gasteiger partial charge in [0.25, 0.3) is 5.56 Å². The Balaban J connectivity index is 1.95. The number of aromatic nitrogens is 2. The zero-order valence-electron chi connectivity index (χ0n) is 13.2. The van der Waals surface area contributed by atoms with Crippen molar-refractivity contribution >= 4 is 44.8 Å². The molecular formula is C18H14ClFN2OS. The van der Waals surface area contributed by atoms with E-state index in [1.165, 1.54) is 17.4 Å². The fourth-order valence-corrected chi connectivity index (χ4v) is 4.32. The summed E-state index contributed by atoms with van der Waals surface area (Å²) in [6.07, 6.45) is 2.35. The van der Waals surface area contributed by atoms with Crippen LogP contribution in [-0.2, 0) is 6.54 Å². The van der Waals surface area contributed by atoms with Crippen LogP contribution in [0, 0.1) is 19.7 Å². The average Bonchev–Trinajstić information content (AvgIpc) is 3.06. The Kier molecular flexibility index (Phi) is 3.58. The van der Waals surface area contributed by atoms with Gasteiger partial charge in [0.05, 0.1) is 10.4 Å². The van der Waals surface area contributed by atoms with Crippen LogP contribution in [0.15, 0.2) is 23.0 Å². The van der Waals surface area contributed by atoms with E-state index in [4.69, 9.17) is 11.6 Å². The van der Waals surface area contributed by atoms with Crippen LogP contribution in [0.3, 0.4) is 0 Å². The maximum atomic E-state index is 14.1. The summed E-state index contributed by atoms with van der Waals surface area (Å²) in [7, 11) is 0. The van der Waals surface area contributed by atoms with Gasteiger partial charge in [-0.25, -0.2) is 9.37 Å². The molecule has 0 spiro atoms. The molecule has 1 aliphatic heterocycles. The molecule has 0 radical (unpaired) electrons. The number of thiophene rings is 1. The first kappa shape index (κ1) is 15.5. The van der Waals surface area contributed by atoms with Gasteiger partial charge in [0.1, 0.15) is 16.5 Å². The van der Waals surface area contributed by atoms with Crippen LogP contribution in [-0.4, -0.2) is 9.55 Å². The zero-order chi connectivity index (χ0) is 17.0. The van der Waals surface area contributed by atoms with E-state index in [9.17, 15) is 9.18 Å². The van der Waals surface area contributed by atoms with E-state index >= 15 is 0 Å². The van der Waals surface area contributed by atoms with Crippen molar-refractivity contribution in [1.29, 1.82) is 0 Å². The average molecular weight is 361 g/mol. The molecule has 24 heavy (non-hydrogen) atoms. The highest BCUT2D eigenvalue weighted by Crippen LogP contribution is 2.33. The van der Waals surface area contributed by atoms with E-state index in [2.05, 4.69) is 4.98 Å². The van der Waals surface area contributed by atoms with Crippen molar-refractivity contribution in [2.45, 2.75) is 26.8 Å². The van der Waals surface area contributed by atoms with Crippen molar-refractivity contribution in [1.82, 2.24) is 9.55 Å². The van der Waals surface area contributed by atoms with Gasteiger partial charge in [-0.1, -0.05) is 17.7 Å². The van der Waals surface area contributed by atoms with Crippen LogP contribution in [0.1, 0.15) is 28.2 Å². The lowest BCUT2D eigenvalue weighted by molar-refractivity contribution is 0.625. The first-order valence-corrected chi connectivity index (χ1v) is 8.82. The Bertz CT molecular complexity index is 1060. The molecule has 0 unspecified atom stereocenters. The van der Waals surface area contributed by atoms with E-state index in [1.54, 1.807) is 22.8 Å². The van der Waals surface area contributed by atoms with Gasteiger partial charge in [0.2, 0.25) is 0 Å². The minimum Gasteiger partial charge on any atom is -0.292 e. The predicted molar refractivity (Wildman–Crippen MR) is 97.3 cm³/mol. The van der Waals surface area contributed by atoms with Crippen molar-refractivity contribution in [3.05, 3.63) is 61.2 Å². The van der Waals surface area contributed by atoms with E-state index in [1.807, 2.05) is 13.8 Å². The third kappa shape index (κ3) is 2.23. The Morgan fingerprint density at radius 2 is 2.17 bits per heavy atom. The number of nitrogens with zero attached hydrogens (tertiary/aromatic N) is 2. The molecule has 122 valence electrons. The largest absolute Gasteiger partial charge is 0.292 e. The van der Waals surface area contributed by atoms with Gasteiger partial charge in [-0.05, 0) is 49.6 Å². The van der Waals surface area contributed by atoms with Gasteiger partial charge in [0.15, 0.2) is 0 Å². The Morgan fingerprint density at radius 1 is 1.38 bits per heavy atom. The molecule has 0 amide bonds. The maximum absolute atomic E-state index is 14.1. The summed E-state index contributed by atoms with van der Waals surface area (Å²) in [5.74, 6) is 0.243. The van der Waals surface area contributed by atoms with Crippen molar-refractivity contribution < 1.29 is 4.39 Å².